The van der Waals surface area contributed by atoms with Gasteiger partial charge >= 0.3 is 0 Å². The molecular weight excluding hydrogens is 200 g/mol. The van der Waals surface area contributed by atoms with E-state index in [0.717, 1.165) is 18.5 Å². The fraction of sp³-hybridized carbons (Fsp3) is 0. The molecule has 0 saturated heterocycles. The third kappa shape index (κ3) is 2.20. The van der Waals surface area contributed by atoms with Gasteiger partial charge in [-0.15, -0.1) is 0 Å². The standard InChI is InChI=1S/C5H4N2O5S/c8-7(9)4-1-5(3-6-2-4)13(10,11)12/h1-3H,(H,10,11,12). The lowest BCUT2D eigenvalue weighted by atomic mass is 10.4. The van der Waals surface area contributed by atoms with Gasteiger partial charge in [-0.1, -0.05) is 0 Å². The second-order valence-corrected chi connectivity index (χ2v) is 3.53. The van der Waals surface area contributed by atoms with Crippen LogP contribution in [-0.4, -0.2) is 22.9 Å². The third-order valence-electron chi connectivity index (χ3n) is 1.21. The first-order valence-corrected chi connectivity index (χ1v) is 4.42. The molecule has 1 heterocycles. The molecule has 0 radical (unpaired) electrons. The Morgan fingerprint density at radius 2 is 2.08 bits per heavy atom. The average Bonchev–Trinajstić information content (AvgIpc) is 2.03. The molecule has 0 saturated carbocycles. The van der Waals surface area contributed by atoms with Gasteiger partial charge in [0.2, 0.25) is 0 Å². The Kier molecular flexibility index (Phi) is 2.26. The third-order valence-corrected chi connectivity index (χ3v) is 2.03. The van der Waals surface area contributed by atoms with Gasteiger partial charge in [0.25, 0.3) is 15.8 Å². The summed E-state index contributed by atoms with van der Waals surface area (Å²) in [6.45, 7) is 0. The summed E-state index contributed by atoms with van der Waals surface area (Å²) < 4.78 is 29.5. The molecule has 13 heavy (non-hydrogen) atoms. The lowest BCUT2D eigenvalue weighted by Gasteiger charge is -1.94. The summed E-state index contributed by atoms with van der Waals surface area (Å²) in [5, 5.41) is 10.2. The highest BCUT2D eigenvalue weighted by Gasteiger charge is 2.14. The smallest absolute Gasteiger partial charge is 0.282 e. The van der Waals surface area contributed by atoms with E-state index in [-0.39, 0.29) is 0 Å². The second kappa shape index (κ2) is 3.07. The molecule has 0 bridgehead atoms. The molecule has 0 amide bonds. The quantitative estimate of drug-likeness (QED) is 0.419. The minimum absolute atomic E-state index is 0.491. The van der Waals surface area contributed by atoms with E-state index >= 15 is 0 Å². The molecule has 0 aliphatic rings. The van der Waals surface area contributed by atoms with Crippen molar-refractivity contribution in [3.05, 3.63) is 28.6 Å². The molecule has 7 nitrogen and oxygen atoms in total. The van der Waals surface area contributed by atoms with Gasteiger partial charge in [-0.05, 0) is 0 Å². The molecule has 8 heteroatoms. The summed E-state index contributed by atoms with van der Waals surface area (Å²) in [7, 11) is -4.43. The predicted molar refractivity (Wildman–Crippen MR) is 40.7 cm³/mol. The van der Waals surface area contributed by atoms with Crippen LogP contribution in [0.1, 0.15) is 0 Å². The summed E-state index contributed by atoms with van der Waals surface area (Å²) in [6, 6.07) is 0.725. The monoisotopic (exact) mass is 204 g/mol. The summed E-state index contributed by atoms with van der Waals surface area (Å²) >= 11 is 0. The zero-order valence-electron chi connectivity index (χ0n) is 6.11. The van der Waals surface area contributed by atoms with Crippen molar-refractivity contribution in [1.82, 2.24) is 4.98 Å². The molecule has 70 valence electrons. The Labute approximate surface area is 72.9 Å². The highest BCUT2D eigenvalue weighted by atomic mass is 32.2. The van der Waals surface area contributed by atoms with Gasteiger partial charge in [-0.3, -0.25) is 19.7 Å². The van der Waals surface area contributed by atoms with Crippen molar-refractivity contribution in [2.45, 2.75) is 4.90 Å². The number of aromatic nitrogens is 1. The maximum atomic E-state index is 10.5. The molecule has 0 spiro atoms. The van der Waals surface area contributed by atoms with Gasteiger partial charge < -0.3 is 0 Å². The zero-order valence-corrected chi connectivity index (χ0v) is 6.93. The lowest BCUT2D eigenvalue weighted by molar-refractivity contribution is -0.385. The maximum Gasteiger partial charge on any atom is 0.296 e. The Bertz CT molecular complexity index is 440. The van der Waals surface area contributed by atoms with Crippen molar-refractivity contribution in [3.63, 3.8) is 0 Å². The van der Waals surface area contributed by atoms with Crippen LogP contribution in [0.15, 0.2) is 23.4 Å². The van der Waals surface area contributed by atoms with Crippen LogP contribution in [0.5, 0.6) is 0 Å². The number of nitrogens with zero attached hydrogens (tertiary/aromatic N) is 2. The topological polar surface area (TPSA) is 110 Å². The van der Waals surface area contributed by atoms with Crippen LogP contribution in [0.3, 0.4) is 0 Å². The van der Waals surface area contributed by atoms with Crippen LogP contribution < -0.4 is 0 Å². The number of nitro groups is 1. The van der Waals surface area contributed by atoms with Crippen LogP contribution in [0, 0.1) is 10.1 Å². The van der Waals surface area contributed by atoms with Crippen molar-refractivity contribution in [1.29, 1.82) is 0 Å². The molecule has 1 N–H and O–H groups in total. The van der Waals surface area contributed by atoms with Crippen molar-refractivity contribution < 1.29 is 17.9 Å². The summed E-state index contributed by atoms with van der Waals surface area (Å²) in [6.07, 6.45) is 1.71. The number of hydrogen-bond acceptors (Lipinski definition) is 5. The first kappa shape index (κ1) is 9.55. The second-order valence-electron chi connectivity index (χ2n) is 2.11. The highest BCUT2D eigenvalue weighted by Crippen LogP contribution is 2.14. The van der Waals surface area contributed by atoms with E-state index in [1.807, 2.05) is 0 Å². The Balaban J connectivity index is 3.29. The number of pyridine rings is 1. The highest BCUT2D eigenvalue weighted by molar-refractivity contribution is 7.85. The predicted octanol–water partition coefficient (Wildman–Crippen LogP) is 0.236. The molecule has 0 aliphatic heterocycles. The SMILES string of the molecule is O=[N+]([O-])c1cncc(S(=O)(=O)O)c1. The van der Waals surface area contributed by atoms with Gasteiger partial charge in [0.05, 0.1) is 4.92 Å². The fourth-order valence-corrected chi connectivity index (χ4v) is 1.11. The van der Waals surface area contributed by atoms with Crippen molar-refractivity contribution in [2.24, 2.45) is 0 Å². The van der Waals surface area contributed by atoms with Gasteiger partial charge in [0.1, 0.15) is 11.1 Å². The van der Waals surface area contributed by atoms with E-state index in [1.165, 1.54) is 0 Å². The van der Waals surface area contributed by atoms with E-state index in [9.17, 15) is 18.5 Å². The van der Waals surface area contributed by atoms with Crippen molar-refractivity contribution >= 4 is 15.8 Å². The van der Waals surface area contributed by atoms with Crippen LogP contribution in [0.4, 0.5) is 5.69 Å². The molecule has 0 fully saturated rings. The largest absolute Gasteiger partial charge is 0.296 e. The minimum Gasteiger partial charge on any atom is -0.282 e. The molecule has 0 aliphatic carbocycles. The molecule has 1 aromatic heterocycles. The molecule has 1 rings (SSSR count). The normalized spacial score (nSPS) is 11.2. The van der Waals surface area contributed by atoms with E-state index in [2.05, 4.69) is 4.98 Å². The molecule has 0 unspecified atom stereocenters. The van der Waals surface area contributed by atoms with Crippen LogP contribution >= 0.6 is 0 Å². The van der Waals surface area contributed by atoms with Crippen LogP contribution in [0.2, 0.25) is 0 Å². The summed E-state index contributed by atoms with van der Waals surface area (Å²) in [5.41, 5.74) is -0.491. The fourth-order valence-electron chi connectivity index (χ4n) is 0.648. The van der Waals surface area contributed by atoms with Crippen LogP contribution in [0.25, 0.3) is 0 Å². The molecule has 0 aromatic carbocycles. The van der Waals surface area contributed by atoms with Crippen molar-refractivity contribution in [3.8, 4) is 0 Å². The first-order valence-electron chi connectivity index (χ1n) is 2.98. The van der Waals surface area contributed by atoms with E-state index in [4.69, 9.17) is 4.55 Å². The molecule has 1 aromatic rings. The van der Waals surface area contributed by atoms with Gasteiger partial charge in [-0.25, -0.2) is 0 Å². The summed E-state index contributed by atoms with van der Waals surface area (Å²) in [4.78, 5) is 12.1. The molecule has 0 atom stereocenters. The van der Waals surface area contributed by atoms with E-state index < -0.39 is 25.6 Å². The summed E-state index contributed by atoms with van der Waals surface area (Å²) in [5.74, 6) is 0. The zero-order chi connectivity index (χ0) is 10.1. The van der Waals surface area contributed by atoms with Crippen molar-refractivity contribution in [2.75, 3.05) is 0 Å². The number of hydrogen-bond donors (Lipinski definition) is 1. The lowest BCUT2D eigenvalue weighted by Crippen LogP contribution is -2.00. The van der Waals surface area contributed by atoms with E-state index in [1.54, 1.807) is 0 Å². The van der Waals surface area contributed by atoms with Gasteiger partial charge in [0.15, 0.2) is 0 Å². The minimum atomic E-state index is -4.43. The number of rotatable bonds is 2. The first-order chi connectivity index (χ1) is 5.91. The Hall–Kier alpha value is -1.54. The Morgan fingerprint density at radius 1 is 1.46 bits per heavy atom. The van der Waals surface area contributed by atoms with E-state index in [0.29, 0.717) is 0 Å². The van der Waals surface area contributed by atoms with Gasteiger partial charge in [-0.2, -0.15) is 8.42 Å². The Morgan fingerprint density at radius 3 is 2.54 bits per heavy atom. The average molecular weight is 204 g/mol. The molecular formula is C5H4N2O5S. The van der Waals surface area contributed by atoms with Crippen LogP contribution in [-0.2, 0) is 10.1 Å². The van der Waals surface area contributed by atoms with Gasteiger partial charge in [0, 0.05) is 12.3 Å². The maximum absolute atomic E-state index is 10.5.